The van der Waals surface area contributed by atoms with Crippen LogP contribution in [0.15, 0.2) is 42.5 Å². The van der Waals surface area contributed by atoms with E-state index in [1.165, 1.54) is 12.8 Å². The van der Waals surface area contributed by atoms with Crippen molar-refractivity contribution in [3.05, 3.63) is 48.0 Å². The molecule has 0 aromatic heterocycles. The summed E-state index contributed by atoms with van der Waals surface area (Å²) in [5.41, 5.74) is 1.73. The Kier molecular flexibility index (Phi) is 6.31. The molecule has 1 atom stereocenters. The molecule has 1 N–H and O–H groups in total. The van der Waals surface area contributed by atoms with Crippen LogP contribution in [0.25, 0.3) is 0 Å². The number of anilines is 1. The van der Waals surface area contributed by atoms with Gasteiger partial charge in [0.2, 0.25) is 0 Å². The van der Waals surface area contributed by atoms with Crippen LogP contribution in [0.2, 0.25) is 0 Å². The number of ether oxygens (including phenoxy) is 3. The fraction of sp³-hybridized carbons (Fsp3) is 0.458. The third kappa shape index (κ3) is 4.32. The van der Waals surface area contributed by atoms with E-state index in [0.717, 1.165) is 54.2 Å². The summed E-state index contributed by atoms with van der Waals surface area (Å²) in [6.45, 7) is 0.706. The molecule has 1 aliphatic heterocycles. The summed E-state index contributed by atoms with van der Waals surface area (Å²) in [7, 11) is 3.28. The first-order valence-corrected chi connectivity index (χ1v) is 10.7. The Morgan fingerprint density at radius 3 is 2.53 bits per heavy atom. The highest BCUT2D eigenvalue weighted by Crippen LogP contribution is 2.39. The van der Waals surface area contributed by atoms with Crippen LogP contribution < -0.4 is 19.5 Å². The number of hydrogen-bond donors (Lipinski definition) is 1. The van der Waals surface area contributed by atoms with E-state index in [2.05, 4.69) is 5.32 Å². The molecule has 2 fully saturated rings. The van der Waals surface area contributed by atoms with E-state index in [4.69, 9.17) is 14.2 Å². The van der Waals surface area contributed by atoms with Crippen LogP contribution in [0.4, 0.5) is 10.5 Å². The lowest BCUT2D eigenvalue weighted by Gasteiger charge is -2.27. The van der Waals surface area contributed by atoms with Crippen LogP contribution in [0.3, 0.4) is 0 Å². The van der Waals surface area contributed by atoms with Crippen LogP contribution in [0.5, 0.6) is 17.2 Å². The van der Waals surface area contributed by atoms with Crippen molar-refractivity contribution in [1.82, 2.24) is 4.90 Å². The van der Waals surface area contributed by atoms with Gasteiger partial charge in [0, 0.05) is 18.2 Å². The van der Waals surface area contributed by atoms with Crippen LogP contribution in [-0.2, 0) is 0 Å². The molecule has 160 valence electrons. The molecule has 2 amide bonds. The molecular formula is C24H30N2O4. The SMILES string of the molecule is COc1ccc(C2CCCN2C(=O)Nc2ccccc2OC2CCCC2)c(OC)c1. The van der Waals surface area contributed by atoms with Gasteiger partial charge in [0.1, 0.15) is 17.2 Å². The van der Waals surface area contributed by atoms with Crippen LogP contribution in [0.1, 0.15) is 50.1 Å². The van der Waals surface area contributed by atoms with Crippen molar-refractivity contribution in [2.75, 3.05) is 26.1 Å². The van der Waals surface area contributed by atoms with Crippen molar-refractivity contribution >= 4 is 11.7 Å². The topological polar surface area (TPSA) is 60.0 Å². The zero-order valence-electron chi connectivity index (χ0n) is 17.7. The van der Waals surface area contributed by atoms with Gasteiger partial charge < -0.3 is 24.4 Å². The van der Waals surface area contributed by atoms with E-state index in [1.807, 2.05) is 47.4 Å². The maximum Gasteiger partial charge on any atom is 0.322 e. The highest BCUT2D eigenvalue weighted by atomic mass is 16.5. The minimum Gasteiger partial charge on any atom is -0.497 e. The Hall–Kier alpha value is -2.89. The second-order valence-corrected chi connectivity index (χ2v) is 7.91. The molecule has 0 bridgehead atoms. The standard InChI is InChI=1S/C24H30N2O4/c1-28-18-13-14-19(23(16-18)29-2)21-11-7-15-26(21)24(27)25-20-10-5-6-12-22(20)30-17-8-3-4-9-17/h5-6,10,12-14,16-17,21H,3-4,7-9,11,15H2,1-2H3,(H,25,27). The number of rotatable bonds is 6. The van der Waals surface area contributed by atoms with Gasteiger partial charge in [-0.05, 0) is 62.8 Å². The molecule has 1 aliphatic carbocycles. The predicted molar refractivity (Wildman–Crippen MR) is 117 cm³/mol. The number of amides is 2. The number of para-hydroxylation sites is 2. The number of carbonyl (C=O) groups is 1. The van der Waals surface area contributed by atoms with Crippen molar-refractivity contribution < 1.29 is 19.0 Å². The highest BCUT2D eigenvalue weighted by molar-refractivity contribution is 5.91. The van der Waals surface area contributed by atoms with Gasteiger partial charge >= 0.3 is 6.03 Å². The molecule has 30 heavy (non-hydrogen) atoms. The summed E-state index contributed by atoms with van der Waals surface area (Å²) in [5, 5.41) is 3.08. The Morgan fingerprint density at radius 2 is 1.77 bits per heavy atom. The first-order valence-electron chi connectivity index (χ1n) is 10.7. The van der Waals surface area contributed by atoms with Gasteiger partial charge in [0.15, 0.2) is 0 Å². The molecule has 1 unspecified atom stereocenters. The molecule has 1 saturated heterocycles. The fourth-order valence-electron chi connectivity index (χ4n) is 4.47. The average molecular weight is 411 g/mol. The summed E-state index contributed by atoms with van der Waals surface area (Å²) >= 11 is 0. The summed E-state index contributed by atoms with van der Waals surface area (Å²) < 4.78 is 17.1. The minimum atomic E-state index is -0.113. The lowest BCUT2D eigenvalue weighted by atomic mass is 10.0. The maximum absolute atomic E-state index is 13.2. The lowest BCUT2D eigenvalue weighted by Crippen LogP contribution is -2.34. The van der Waals surface area contributed by atoms with Crippen molar-refractivity contribution in [1.29, 1.82) is 0 Å². The number of benzene rings is 2. The molecule has 4 rings (SSSR count). The largest absolute Gasteiger partial charge is 0.497 e. The third-order valence-corrected chi connectivity index (χ3v) is 6.04. The van der Waals surface area contributed by atoms with Crippen LogP contribution in [0, 0.1) is 0 Å². The quantitative estimate of drug-likeness (QED) is 0.693. The van der Waals surface area contributed by atoms with E-state index >= 15 is 0 Å². The third-order valence-electron chi connectivity index (χ3n) is 6.04. The van der Waals surface area contributed by atoms with Gasteiger partial charge in [-0.15, -0.1) is 0 Å². The van der Waals surface area contributed by atoms with E-state index in [9.17, 15) is 4.79 Å². The van der Waals surface area contributed by atoms with Gasteiger partial charge in [-0.1, -0.05) is 12.1 Å². The Bertz CT molecular complexity index is 879. The summed E-state index contributed by atoms with van der Waals surface area (Å²) in [5.74, 6) is 2.22. The van der Waals surface area contributed by atoms with Crippen molar-refractivity contribution in [3.63, 3.8) is 0 Å². The van der Waals surface area contributed by atoms with Gasteiger partial charge in [0.05, 0.1) is 32.1 Å². The average Bonchev–Trinajstić information content (AvgIpc) is 3.46. The van der Waals surface area contributed by atoms with Gasteiger partial charge in [-0.2, -0.15) is 0 Å². The van der Waals surface area contributed by atoms with Gasteiger partial charge in [-0.25, -0.2) is 4.79 Å². The number of hydrogen-bond acceptors (Lipinski definition) is 4. The van der Waals surface area contributed by atoms with Gasteiger partial charge in [0.25, 0.3) is 0 Å². The molecule has 6 nitrogen and oxygen atoms in total. The minimum absolute atomic E-state index is 0.0335. The first-order chi connectivity index (χ1) is 14.7. The Balaban J connectivity index is 1.51. The van der Waals surface area contributed by atoms with Crippen molar-refractivity contribution in [2.24, 2.45) is 0 Å². The molecule has 0 radical (unpaired) electrons. The second kappa shape index (κ2) is 9.28. The number of methoxy groups -OCH3 is 2. The molecule has 1 heterocycles. The lowest BCUT2D eigenvalue weighted by molar-refractivity contribution is 0.203. The summed E-state index contributed by atoms with van der Waals surface area (Å²) in [6.07, 6.45) is 6.66. The maximum atomic E-state index is 13.2. The van der Waals surface area contributed by atoms with Crippen LogP contribution >= 0.6 is 0 Å². The van der Waals surface area contributed by atoms with E-state index in [-0.39, 0.29) is 18.2 Å². The predicted octanol–water partition coefficient (Wildman–Crippen LogP) is 5.39. The van der Waals surface area contributed by atoms with Crippen molar-refractivity contribution in [2.45, 2.75) is 50.7 Å². The number of likely N-dealkylation sites (tertiary alicyclic amines) is 1. The van der Waals surface area contributed by atoms with E-state index in [0.29, 0.717) is 6.54 Å². The molecule has 0 spiro atoms. The highest BCUT2D eigenvalue weighted by Gasteiger charge is 2.32. The molecule has 2 aromatic carbocycles. The van der Waals surface area contributed by atoms with Gasteiger partial charge in [-0.3, -0.25) is 0 Å². The molecular weight excluding hydrogens is 380 g/mol. The zero-order valence-corrected chi connectivity index (χ0v) is 17.7. The molecule has 2 aliphatic rings. The fourth-order valence-corrected chi connectivity index (χ4v) is 4.47. The number of nitrogens with one attached hydrogen (secondary N) is 1. The number of urea groups is 1. The van der Waals surface area contributed by atoms with Crippen molar-refractivity contribution in [3.8, 4) is 17.2 Å². The number of nitrogens with zero attached hydrogens (tertiary/aromatic N) is 1. The second-order valence-electron chi connectivity index (χ2n) is 7.91. The normalized spacial score (nSPS) is 19.0. The molecule has 1 saturated carbocycles. The van der Waals surface area contributed by atoms with E-state index < -0.39 is 0 Å². The van der Waals surface area contributed by atoms with E-state index in [1.54, 1.807) is 14.2 Å². The molecule has 6 heteroatoms. The Labute approximate surface area is 178 Å². The summed E-state index contributed by atoms with van der Waals surface area (Å²) in [4.78, 5) is 15.1. The zero-order chi connectivity index (χ0) is 20.9. The van der Waals surface area contributed by atoms with Crippen LogP contribution in [-0.4, -0.2) is 37.8 Å². The first kappa shape index (κ1) is 20.4. The Morgan fingerprint density at radius 1 is 0.967 bits per heavy atom. The number of carbonyl (C=O) groups excluding carboxylic acids is 1. The molecule has 2 aromatic rings. The monoisotopic (exact) mass is 410 g/mol. The summed E-state index contributed by atoms with van der Waals surface area (Å²) in [6, 6.07) is 13.3. The smallest absolute Gasteiger partial charge is 0.322 e.